The Hall–Kier alpha value is -1.44. The first-order valence-corrected chi connectivity index (χ1v) is 6.70. The summed E-state index contributed by atoms with van der Waals surface area (Å²) in [5.41, 5.74) is 0.454. The van der Waals surface area contributed by atoms with E-state index in [-0.39, 0.29) is 12.6 Å². The van der Waals surface area contributed by atoms with Crippen LogP contribution in [0.15, 0.2) is 12.4 Å². The van der Waals surface area contributed by atoms with Crippen LogP contribution in [0.5, 0.6) is 0 Å². The zero-order chi connectivity index (χ0) is 14.5. The van der Waals surface area contributed by atoms with E-state index in [4.69, 9.17) is 4.74 Å². The summed E-state index contributed by atoms with van der Waals surface area (Å²) in [6.45, 7) is 0.702. The summed E-state index contributed by atoms with van der Waals surface area (Å²) in [6, 6.07) is 0. The number of aromatic nitrogens is 2. The van der Waals surface area contributed by atoms with E-state index in [9.17, 15) is 15.0 Å². The van der Waals surface area contributed by atoms with Crippen LogP contribution in [-0.4, -0.2) is 45.8 Å². The minimum Gasteiger partial charge on any atom is -0.469 e. The molecular formula is C13H20N2O5. The van der Waals surface area contributed by atoms with Crippen LogP contribution in [0.4, 0.5) is 0 Å². The lowest BCUT2D eigenvalue weighted by Gasteiger charge is -2.22. The molecule has 2 N–H and O–H groups in total. The van der Waals surface area contributed by atoms with Crippen molar-refractivity contribution >= 4 is 5.97 Å². The van der Waals surface area contributed by atoms with Gasteiger partial charge in [0.25, 0.3) is 0 Å². The van der Waals surface area contributed by atoms with Gasteiger partial charge in [-0.05, 0) is 19.3 Å². The minimum absolute atomic E-state index is 0.123. The molecule has 0 amide bonds. The molecule has 0 spiro atoms. The minimum atomic E-state index is -1.22. The van der Waals surface area contributed by atoms with Gasteiger partial charge in [0.05, 0.1) is 25.8 Å². The first-order valence-electron chi connectivity index (χ1n) is 6.70. The summed E-state index contributed by atoms with van der Waals surface area (Å²) in [7, 11) is 1.24. The fourth-order valence-electron chi connectivity index (χ4n) is 2.18. The van der Waals surface area contributed by atoms with Crippen LogP contribution in [-0.2, 0) is 14.3 Å². The van der Waals surface area contributed by atoms with Crippen LogP contribution in [0.3, 0.4) is 0 Å². The number of methoxy groups -OCH3 is 1. The van der Waals surface area contributed by atoms with Crippen LogP contribution >= 0.6 is 0 Å². The molecule has 1 aliphatic rings. The Kier molecular flexibility index (Phi) is 5.11. The number of aliphatic hydroxyl groups excluding tert-OH is 2. The Balaban J connectivity index is 1.98. The molecule has 2 unspecified atom stereocenters. The maximum atomic E-state index is 11.1. The lowest BCUT2D eigenvalue weighted by atomic mass is 10.1. The van der Waals surface area contributed by atoms with E-state index in [1.54, 1.807) is 10.9 Å². The number of hydrogen-bond acceptors (Lipinski definition) is 6. The number of nitrogens with zero attached hydrogens (tertiary/aromatic N) is 2. The van der Waals surface area contributed by atoms with Crippen LogP contribution in [0, 0.1) is 0 Å². The van der Waals surface area contributed by atoms with E-state index < -0.39 is 18.2 Å². The largest absolute Gasteiger partial charge is 0.469 e. The number of esters is 1. The molecule has 7 heteroatoms. The number of carbonyl (C=O) groups excluding carboxylic acids is 1. The second-order valence-corrected chi connectivity index (χ2v) is 4.87. The van der Waals surface area contributed by atoms with E-state index >= 15 is 0 Å². The van der Waals surface area contributed by atoms with Crippen LogP contribution in [0.25, 0.3) is 0 Å². The van der Waals surface area contributed by atoms with Crippen molar-refractivity contribution in [1.29, 1.82) is 0 Å². The van der Waals surface area contributed by atoms with Crippen molar-refractivity contribution in [3.8, 4) is 0 Å². The molecule has 1 saturated heterocycles. The first kappa shape index (κ1) is 15.0. The van der Waals surface area contributed by atoms with Gasteiger partial charge in [-0.15, -0.1) is 0 Å². The Morgan fingerprint density at radius 1 is 1.60 bits per heavy atom. The van der Waals surface area contributed by atoms with Gasteiger partial charge in [0.2, 0.25) is 0 Å². The van der Waals surface area contributed by atoms with Crippen molar-refractivity contribution < 1.29 is 24.5 Å². The molecule has 0 radical (unpaired) electrons. The average molecular weight is 284 g/mol. The zero-order valence-electron chi connectivity index (χ0n) is 11.4. The lowest BCUT2D eigenvalue weighted by molar-refractivity contribution is -0.144. The van der Waals surface area contributed by atoms with Gasteiger partial charge < -0.3 is 19.7 Å². The average Bonchev–Trinajstić information content (AvgIpc) is 2.97. The highest BCUT2D eigenvalue weighted by Gasteiger charge is 2.24. The van der Waals surface area contributed by atoms with Crippen molar-refractivity contribution in [3.05, 3.63) is 18.0 Å². The molecule has 2 heterocycles. The Morgan fingerprint density at radius 2 is 2.40 bits per heavy atom. The normalized spacial score (nSPS) is 22.2. The molecule has 1 aromatic rings. The number of aliphatic hydroxyl groups is 2. The van der Waals surface area contributed by atoms with Crippen molar-refractivity contribution in [2.45, 2.75) is 44.1 Å². The first-order chi connectivity index (χ1) is 9.61. The van der Waals surface area contributed by atoms with Crippen molar-refractivity contribution in [2.75, 3.05) is 13.7 Å². The second-order valence-electron chi connectivity index (χ2n) is 4.87. The molecular weight excluding hydrogens is 264 g/mol. The van der Waals surface area contributed by atoms with E-state index in [1.165, 1.54) is 13.3 Å². The molecule has 0 bridgehead atoms. The van der Waals surface area contributed by atoms with Gasteiger partial charge in [0, 0.05) is 18.4 Å². The zero-order valence-corrected chi connectivity index (χ0v) is 11.4. The van der Waals surface area contributed by atoms with Crippen LogP contribution in [0.1, 0.15) is 43.6 Å². The third-order valence-corrected chi connectivity index (χ3v) is 3.38. The van der Waals surface area contributed by atoms with Gasteiger partial charge in [0.1, 0.15) is 12.3 Å². The van der Waals surface area contributed by atoms with Gasteiger partial charge in [-0.3, -0.25) is 4.79 Å². The molecule has 0 aromatic carbocycles. The summed E-state index contributed by atoms with van der Waals surface area (Å²) in [5.74, 6) is -0.570. The number of ether oxygens (including phenoxy) is 2. The van der Waals surface area contributed by atoms with E-state index in [0.29, 0.717) is 12.2 Å². The van der Waals surface area contributed by atoms with E-state index in [1.807, 2.05) is 0 Å². The predicted octanol–water partition coefficient (Wildman–Crippen LogP) is 0.540. The molecule has 1 aliphatic heterocycles. The Labute approximate surface area is 117 Å². The monoisotopic (exact) mass is 284 g/mol. The second kappa shape index (κ2) is 6.83. The Morgan fingerprint density at radius 3 is 3.05 bits per heavy atom. The van der Waals surface area contributed by atoms with Gasteiger partial charge in [-0.1, -0.05) is 0 Å². The molecule has 7 nitrogen and oxygen atoms in total. The van der Waals surface area contributed by atoms with E-state index in [0.717, 1.165) is 19.3 Å². The van der Waals surface area contributed by atoms with Gasteiger partial charge >= 0.3 is 5.97 Å². The smallest absolute Gasteiger partial charge is 0.308 e. The highest BCUT2D eigenvalue weighted by molar-refractivity contribution is 5.69. The third kappa shape index (κ3) is 3.56. The highest BCUT2D eigenvalue weighted by atomic mass is 16.5. The summed E-state index contributed by atoms with van der Waals surface area (Å²) < 4.78 is 11.7. The van der Waals surface area contributed by atoms with Crippen LogP contribution < -0.4 is 0 Å². The molecule has 1 fully saturated rings. The van der Waals surface area contributed by atoms with Crippen LogP contribution in [0.2, 0.25) is 0 Å². The fourth-order valence-corrected chi connectivity index (χ4v) is 2.18. The molecule has 1 aromatic heterocycles. The third-order valence-electron chi connectivity index (χ3n) is 3.38. The van der Waals surface area contributed by atoms with Crippen molar-refractivity contribution in [1.82, 2.24) is 9.78 Å². The molecule has 2 rings (SSSR count). The molecule has 0 aliphatic carbocycles. The fraction of sp³-hybridized carbons (Fsp3) is 0.692. The van der Waals surface area contributed by atoms with Gasteiger partial charge in [0.15, 0.2) is 0 Å². The summed E-state index contributed by atoms with van der Waals surface area (Å²) in [4.78, 5) is 11.1. The molecule has 112 valence electrons. The summed E-state index contributed by atoms with van der Waals surface area (Å²) in [5, 5.41) is 23.9. The molecule has 0 saturated carbocycles. The number of rotatable bonds is 5. The lowest BCUT2D eigenvalue weighted by Crippen LogP contribution is -2.22. The maximum Gasteiger partial charge on any atom is 0.308 e. The summed E-state index contributed by atoms with van der Waals surface area (Å²) in [6.07, 6.45) is 3.34. The number of hydrogen-bond donors (Lipinski definition) is 2. The quantitative estimate of drug-likeness (QED) is 0.766. The van der Waals surface area contributed by atoms with Crippen molar-refractivity contribution in [3.63, 3.8) is 0 Å². The number of carbonyl (C=O) groups is 1. The van der Waals surface area contributed by atoms with E-state index in [2.05, 4.69) is 9.84 Å². The SMILES string of the molecule is COC(=O)CC(O)C(O)c1cnn([C@@H]2CCCCO2)c1. The predicted molar refractivity (Wildman–Crippen MR) is 68.7 cm³/mol. The maximum absolute atomic E-state index is 11.1. The van der Waals surface area contributed by atoms with Gasteiger partial charge in [-0.25, -0.2) is 4.68 Å². The molecule has 20 heavy (non-hydrogen) atoms. The topological polar surface area (TPSA) is 93.8 Å². The highest BCUT2D eigenvalue weighted by Crippen LogP contribution is 2.24. The molecule has 3 atom stereocenters. The van der Waals surface area contributed by atoms with Gasteiger partial charge in [-0.2, -0.15) is 5.10 Å². The Bertz CT molecular complexity index is 442. The standard InChI is InChI=1S/C13H20N2O5/c1-19-12(17)6-10(16)13(18)9-7-14-15(8-9)11-4-2-3-5-20-11/h7-8,10-11,13,16,18H,2-6H2,1H3/t10?,11-,13?/m0/s1. The van der Waals surface area contributed by atoms with Crippen molar-refractivity contribution in [2.24, 2.45) is 0 Å². The summed E-state index contributed by atoms with van der Waals surface area (Å²) >= 11 is 0.